The van der Waals surface area contributed by atoms with E-state index in [2.05, 4.69) is 10.4 Å². The number of nitrogens with zero attached hydrogens (tertiary/aromatic N) is 2. The van der Waals surface area contributed by atoms with Crippen LogP contribution in [0.25, 0.3) is 0 Å². The minimum Gasteiger partial charge on any atom is -0.383 e. The summed E-state index contributed by atoms with van der Waals surface area (Å²) in [5.41, 5.74) is 6.39. The number of carbonyl (C=O) groups is 1. The number of hydrogen-bond donors (Lipinski definition) is 2. The zero-order chi connectivity index (χ0) is 12.8. The molecule has 0 saturated heterocycles. The van der Waals surface area contributed by atoms with E-state index >= 15 is 0 Å². The lowest BCUT2D eigenvalue weighted by Crippen LogP contribution is -2.39. The normalized spacial score (nSPS) is 12.1. The first-order valence-corrected chi connectivity index (χ1v) is 5.62. The monoisotopic (exact) mass is 276 g/mol. The third-order valence-corrected chi connectivity index (χ3v) is 2.45. The van der Waals surface area contributed by atoms with Crippen LogP contribution in [0.15, 0.2) is 12.4 Å². The fourth-order valence-corrected chi connectivity index (χ4v) is 1.26. The van der Waals surface area contributed by atoms with Crippen molar-refractivity contribution in [3.8, 4) is 0 Å². The van der Waals surface area contributed by atoms with Gasteiger partial charge in [0.25, 0.3) is 0 Å². The molecule has 0 fully saturated rings. The number of nitrogens with one attached hydrogen (secondary N) is 1. The number of halogens is 1. The molecule has 104 valence electrons. The van der Waals surface area contributed by atoms with E-state index in [-0.39, 0.29) is 24.2 Å². The van der Waals surface area contributed by atoms with Gasteiger partial charge in [0.2, 0.25) is 5.91 Å². The quantitative estimate of drug-likeness (QED) is 0.808. The van der Waals surface area contributed by atoms with Gasteiger partial charge in [0.1, 0.15) is 0 Å². The molecule has 1 aromatic rings. The molecule has 1 heterocycles. The second-order valence-corrected chi connectivity index (χ2v) is 4.24. The van der Waals surface area contributed by atoms with Crippen molar-refractivity contribution in [3.63, 3.8) is 0 Å². The number of nitrogens with two attached hydrogens (primary N) is 1. The first kappa shape index (κ1) is 16.9. The SMILES string of the molecule is COCCn1cc(NC(=O)[C@H](N)C(C)C)cn1.Cl. The Bertz CT molecular complexity index is 368. The number of anilines is 1. The molecular formula is C11H21ClN4O2. The largest absolute Gasteiger partial charge is 0.383 e. The van der Waals surface area contributed by atoms with Gasteiger partial charge in [-0.15, -0.1) is 12.4 Å². The van der Waals surface area contributed by atoms with Gasteiger partial charge in [-0.05, 0) is 5.92 Å². The maximum Gasteiger partial charge on any atom is 0.241 e. The van der Waals surface area contributed by atoms with Crippen molar-refractivity contribution in [3.05, 3.63) is 12.4 Å². The summed E-state index contributed by atoms with van der Waals surface area (Å²) in [4.78, 5) is 11.7. The van der Waals surface area contributed by atoms with E-state index in [4.69, 9.17) is 10.5 Å². The summed E-state index contributed by atoms with van der Waals surface area (Å²) in [7, 11) is 1.63. The van der Waals surface area contributed by atoms with Crippen LogP contribution in [0.3, 0.4) is 0 Å². The summed E-state index contributed by atoms with van der Waals surface area (Å²) < 4.78 is 6.65. The van der Waals surface area contributed by atoms with E-state index in [0.717, 1.165) is 0 Å². The molecule has 1 atom stereocenters. The molecule has 0 aliphatic rings. The molecule has 18 heavy (non-hydrogen) atoms. The zero-order valence-electron chi connectivity index (χ0n) is 10.9. The standard InChI is InChI=1S/C11H20N4O2.ClH/c1-8(2)10(12)11(16)14-9-6-13-15(7-9)4-5-17-3;/h6-8,10H,4-5,12H2,1-3H3,(H,14,16);1H/t10-;/m1./s1. The highest BCUT2D eigenvalue weighted by atomic mass is 35.5. The lowest BCUT2D eigenvalue weighted by Gasteiger charge is -2.14. The Morgan fingerprint density at radius 1 is 1.61 bits per heavy atom. The van der Waals surface area contributed by atoms with E-state index in [9.17, 15) is 4.79 Å². The second-order valence-electron chi connectivity index (χ2n) is 4.24. The van der Waals surface area contributed by atoms with Crippen molar-refractivity contribution in [2.45, 2.75) is 26.4 Å². The first-order valence-electron chi connectivity index (χ1n) is 5.62. The van der Waals surface area contributed by atoms with Gasteiger partial charge in [-0.25, -0.2) is 0 Å². The van der Waals surface area contributed by atoms with Crippen molar-refractivity contribution in [1.29, 1.82) is 0 Å². The van der Waals surface area contributed by atoms with E-state index in [1.807, 2.05) is 13.8 Å². The summed E-state index contributed by atoms with van der Waals surface area (Å²) in [6.45, 7) is 5.06. The summed E-state index contributed by atoms with van der Waals surface area (Å²) in [6.07, 6.45) is 3.35. The molecule has 0 aromatic carbocycles. The summed E-state index contributed by atoms with van der Waals surface area (Å²) in [6, 6.07) is -0.502. The Labute approximate surface area is 113 Å². The number of hydrogen-bond acceptors (Lipinski definition) is 4. The van der Waals surface area contributed by atoms with Crippen LogP contribution < -0.4 is 11.1 Å². The van der Waals surface area contributed by atoms with Crippen LogP contribution in [0, 0.1) is 5.92 Å². The van der Waals surface area contributed by atoms with Gasteiger partial charge in [-0.2, -0.15) is 5.10 Å². The number of carbonyl (C=O) groups excluding carboxylic acids is 1. The number of amides is 1. The van der Waals surface area contributed by atoms with Crippen LogP contribution in [-0.4, -0.2) is 35.4 Å². The molecule has 0 spiro atoms. The van der Waals surface area contributed by atoms with Gasteiger partial charge < -0.3 is 15.8 Å². The molecule has 1 aromatic heterocycles. The molecule has 0 aliphatic carbocycles. The maximum atomic E-state index is 11.7. The van der Waals surface area contributed by atoms with Crippen LogP contribution in [0.5, 0.6) is 0 Å². The predicted molar refractivity (Wildman–Crippen MR) is 72.8 cm³/mol. The Morgan fingerprint density at radius 3 is 2.83 bits per heavy atom. The minimum atomic E-state index is -0.502. The number of rotatable bonds is 6. The number of ether oxygens (including phenoxy) is 1. The van der Waals surface area contributed by atoms with E-state index in [0.29, 0.717) is 18.8 Å². The molecule has 1 rings (SSSR count). The molecule has 0 bridgehead atoms. The topological polar surface area (TPSA) is 82.2 Å². The molecular weight excluding hydrogens is 256 g/mol. The van der Waals surface area contributed by atoms with Gasteiger partial charge in [0.05, 0.1) is 31.1 Å². The van der Waals surface area contributed by atoms with Crippen LogP contribution in [0.4, 0.5) is 5.69 Å². The van der Waals surface area contributed by atoms with Gasteiger partial charge in [0.15, 0.2) is 0 Å². The van der Waals surface area contributed by atoms with Crippen LogP contribution in [0.1, 0.15) is 13.8 Å². The third-order valence-electron chi connectivity index (χ3n) is 2.45. The minimum absolute atomic E-state index is 0. The van der Waals surface area contributed by atoms with E-state index in [1.165, 1.54) is 0 Å². The lowest BCUT2D eigenvalue weighted by atomic mass is 10.1. The molecule has 7 heteroatoms. The Hall–Kier alpha value is -1.11. The lowest BCUT2D eigenvalue weighted by molar-refractivity contribution is -0.118. The Morgan fingerprint density at radius 2 is 2.28 bits per heavy atom. The Balaban J connectivity index is 0.00000289. The van der Waals surface area contributed by atoms with Crippen molar-refractivity contribution in [2.75, 3.05) is 19.0 Å². The molecule has 6 nitrogen and oxygen atoms in total. The predicted octanol–water partition coefficient (Wildman–Crippen LogP) is 0.873. The van der Waals surface area contributed by atoms with Crippen molar-refractivity contribution in [2.24, 2.45) is 11.7 Å². The van der Waals surface area contributed by atoms with Gasteiger partial charge in [-0.1, -0.05) is 13.8 Å². The van der Waals surface area contributed by atoms with Crippen molar-refractivity contribution < 1.29 is 9.53 Å². The van der Waals surface area contributed by atoms with Gasteiger partial charge in [0, 0.05) is 13.3 Å². The van der Waals surface area contributed by atoms with Crippen LogP contribution in [-0.2, 0) is 16.1 Å². The average molecular weight is 277 g/mol. The molecule has 0 radical (unpaired) electrons. The summed E-state index contributed by atoms with van der Waals surface area (Å²) in [5, 5.41) is 6.82. The van der Waals surface area contributed by atoms with Gasteiger partial charge >= 0.3 is 0 Å². The Kier molecular flexibility index (Phi) is 7.58. The molecule has 0 saturated carbocycles. The highest BCUT2D eigenvalue weighted by Crippen LogP contribution is 2.07. The second kappa shape index (κ2) is 8.07. The molecule has 3 N–H and O–H groups in total. The number of aromatic nitrogens is 2. The smallest absolute Gasteiger partial charge is 0.241 e. The highest BCUT2D eigenvalue weighted by molar-refractivity contribution is 5.94. The van der Waals surface area contributed by atoms with Crippen molar-refractivity contribution in [1.82, 2.24) is 9.78 Å². The first-order chi connectivity index (χ1) is 8.04. The highest BCUT2D eigenvalue weighted by Gasteiger charge is 2.17. The zero-order valence-corrected chi connectivity index (χ0v) is 11.7. The molecule has 1 amide bonds. The third kappa shape index (κ3) is 5.03. The van der Waals surface area contributed by atoms with Crippen LogP contribution >= 0.6 is 12.4 Å². The maximum absolute atomic E-state index is 11.7. The van der Waals surface area contributed by atoms with Gasteiger partial charge in [-0.3, -0.25) is 9.48 Å². The fraction of sp³-hybridized carbons (Fsp3) is 0.636. The number of methoxy groups -OCH3 is 1. The summed E-state index contributed by atoms with van der Waals surface area (Å²) >= 11 is 0. The van der Waals surface area contributed by atoms with Crippen LogP contribution in [0.2, 0.25) is 0 Å². The molecule has 0 aliphatic heterocycles. The fourth-order valence-electron chi connectivity index (χ4n) is 1.26. The van der Waals surface area contributed by atoms with E-state index in [1.54, 1.807) is 24.2 Å². The summed E-state index contributed by atoms with van der Waals surface area (Å²) in [5.74, 6) is -0.0789. The molecule has 0 unspecified atom stereocenters. The average Bonchev–Trinajstić information content (AvgIpc) is 2.72. The van der Waals surface area contributed by atoms with E-state index < -0.39 is 6.04 Å². The van der Waals surface area contributed by atoms with Crippen molar-refractivity contribution >= 4 is 24.0 Å².